The number of hydrogen-bond acceptors (Lipinski definition) is 5. The number of thiophene rings is 1. The topological polar surface area (TPSA) is 46.1 Å². The summed E-state index contributed by atoms with van der Waals surface area (Å²) in [7, 11) is 1.84. The summed E-state index contributed by atoms with van der Waals surface area (Å²) in [5.74, 6) is 0.480. The lowest BCUT2D eigenvalue weighted by Crippen LogP contribution is -2.27. The van der Waals surface area contributed by atoms with E-state index >= 15 is 0 Å². The van der Waals surface area contributed by atoms with Gasteiger partial charge in [-0.15, -0.1) is 11.3 Å². The monoisotopic (exact) mass is 357 g/mol. The predicted octanol–water partition coefficient (Wildman–Crippen LogP) is 4.00. The van der Waals surface area contributed by atoms with Gasteiger partial charge in [-0.2, -0.15) is 0 Å². The van der Waals surface area contributed by atoms with Crippen LogP contribution in [0, 0.1) is 0 Å². The van der Waals surface area contributed by atoms with E-state index in [2.05, 4.69) is 23.0 Å². The van der Waals surface area contributed by atoms with Crippen LogP contribution in [0.4, 0.5) is 0 Å². The molecule has 0 atom stereocenters. The zero-order valence-corrected chi connectivity index (χ0v) is 15.4. The van der Waals surface area contributed by atoms with E-state index in [1.807, 2.05) is 37.4 Å². The van der Waals surface area contributed by atoms with Gasteiger partial charge >= 0.3 is 0 Å². The van der Waals surface area contributed by atoms with E-state index in [0.717, 1.165) is 27.2 Å². The molecule has 4 nitrogen and oxygen atoms in total. The van der Waals surface area contributed by atoms with Gasteiger partial charge in [-0.05, 0) is 18.1 Å². The van der Waals surface area contributed by atoms with Crippen LogP contribution in [0.3, 0.4) is 0 Å². The minimum atomic E-state index is 0.0987. The molecule has 3 aromatic rings. The summed E-state index contributed by atoms with van der Waals surface area (Å²) < 4.78 is 0. The Hall–Kier alpha value is -1.92. The molecule has 24 heavy (non-hydrogen) atoms. The van der Waals surface area contributed by atoms with Gasteiger partial charge in [0, 0.05) is 23.9 Å². The molecule has 124 valence electrons. The quantitative estimate of drug-likeness (QED) is 0.494. The highest BCUT2D eigenvalue weighted by Gasteiger charge is 2.13. The van der Waals surface area contributed by atoms with Crippen molar-refractivity contribution < 1.29 is 4.79 Å². The maximum Gasteiger partial charge on any atom is 0.233 e. The number of aromatic nitrogens is 2. The molecule has 0 aliphatic rings. The lowest BCUT2D eigenvalue weighted by atomic mass is 10.2. The number of thioether (sulfide) groups is 1. The van der Waals surface area contributed by atoms with E-state index in [9.17, 15) is 4.79 Å². The lowest BCUT2D eigenvalue weighted by Gasteiger charge is -2.17. The molecule has 0 unspecified atom stereocenters. The van der Waals surface area contributed by atoms with Gasteiger partial charge in [-0.1, -0.05) is 49.0 Å². The highest BCUT2D eigenvalue weighted by Crippen LogP contribution is 2.31. The number of amides is 1. The average molecular weight is 358 g/mol. The molecular formula is C18H19N3OS2. The summed E-state index contributed by atoms with van der Waals surface area (Å²) in [6, 6.07) is 12.2. The Balaban J connectivity index is 1.65. The molecule has 0 saturated carbocycles. The third kappa shape index (κ3) is 3.94. The van der Waals surface area contributed by atoms with Gasteiger partial charge in [-0.3, -0.25) is 4.79 Å². The summed E-state index contributed by atoms with van der Waals surface area (Å²) >= 11 is 3.18. The molecule has 1 amide bonds. The third-order valence-electron chi connectivity index (χ3n) is 3.71. The van der Waals surface area contributed by atoms with Crippen LogP contribution in [-0.2, 0) is 17.8 Å². The molecule has 0 spiro atoms. The number of fused-ring (bicyclic) bond motifs is 1. The number of carbonyl (C=O) groups excluding carboxylic acids is 1. The highest BCUT2D eigenvalue weighted by atomic mass is 32.2. The van der Waals surface area contributed by atoms with Gasteiger partial charge in [0.25, 0.3) is 0 Å². The first-order valence-corrected chi connectivity index (χ1v) is 9.61. The molecule has 0 radical (unpaired) electrons. The Morgan fingerprint density at radius 3 is 2.79 bits per heavy atom. The molecule has 0 saturated heterocycles. The summed E-state index contributed by atoms with van der Waals surface area (Å²) in [5, 5.41) is 1.94. The predicted molar refractivity (Wildman–Crippen MR) is 100 cm³/mol. The summed E-state index contributed by atoms with van der Waals surface area (Å²) in [5.41, 5.74) is 1.13. The van der Waals surface area contributed by atoms with Crippen molar-refractivity contribution in [2.45, 2.75) is 24.9 Å². The van der Waals surface area contributed by atoms with E-state index < -0.39 is 0 Å². The van der Waals surface area contributed by atoms with Crippen molar-refractivity contribution >= 4 is 39.2 Å². The first kappa shape index (κ1) is 16.9. The maximum absolute atomic E-state index is 12.4. The Morgan fingerprint density at radius 1 is 1.25 bits per heavy atom. The number of benzene rings is 1. The van der Waals surface area contributed by atoms with Gasteiger partial charge in [-0.25, -0.2) is 9.97 Å². The van der Waals surface area contributed by atoms with Crippen molar-refractivity contribution in [2.75, 3.05) is 12.8 Å². The van der Waals surface area contributed by atoms with E-state index in [1.54, 1.807) is 22.6 Å². The SMILES string of the molecule is CCc1cc2c(SCC(=O)N(C)Cc3ccccc3)ncnc2s1. The Labute approximate surface area is 149 Å². The van der Waals surface area contributed by atoms with Crippen LogP contribution in [0.5, 0.6) is 0 Å². The minimum absolute atomic E-state index is 0.0987. The van der Waals surface area contributed by atoms with Crippen molar-refractivity contribution in [1.82, 2.24) is 14.9 Å². The molecule has 2 aromatic heterocycles. The molecule has 1 aromatic carbocycles. The second kappa shape index (κ2) is 7.77. The fourth-order valence-electron chi connectivity index (χ4n) is 2.36. The number of carbonyl (C=O) groups is 1. The average Bonchev–Trinajstić information content (AvgIpc) is 3.04. The highest BCUT2D eigenvalue weighted by molar-refractivity contribution is 8.00. The minimum Gasteiger partial charge on any atom is -0.341 e. The molecule has 0 N–H and O–H groups in total. The van der Waals surface area contributed by atoms with Crippen LogP contribution in [0.25, 0.3) is 10.2 Å². The van der Waals surface area contributed by atoms with Crippen molar-refractivity contribution in [3.63, 3.8) is 0 Å². The first-order chi connectivity index (χ1) is 11.7. The van der Waals surface area contributed by atoms with Crippen LogP contribution in [0.2, 0.25) is 0 Å². The van der Waals surface area contributed by atoms with Crippen molar-refractivity contribution in [3.05, 3.63) is 53.2 Å². The van der Waals surface area contributed by atoms with Crippen LogP contribution in [0.15, 0.2) is 47.8 Å². The largest absolute Gasteiger partial charge is 0.341 e. The standard InChI is InChI=1S/C18H19N3OS2/c1-3-14-9-15-17(19-12-20-18(15)24-14)23-11-16(22)21(2)10-13-7-5-4-6-8-13/h4-9,12H,3,10-11H2,1-2H3. The molecule has 0 aliphatic heterocycles. The third-order valence-corrected chi connectivity index (χ3v) is 5.89. The van der Waals surface area contributed by atoms with Crippen LogP contribution >= 0.6 is 23.1 Å². The number of hydrogen-bond donors (Lipinski definition) is 0. The van der Waals surface area contributed by atoms with Crippen LogP contribution < -0.4 is 0 Å². The number of rotatable bonds is 6. The first-order valence-electron chi connectivity index (χ1n) is 7.81. The molecule has 0 bridgehead atoms. The van der Waals surface area contributed by atoms with E-state index in [4.69, 9.17) is 0 Å². The summed E-state index contributed by atoms with van der Waals surface area (Å²) in [4.78, 5) is 25.1. The van der Waals surface area contributed by atoms with Crippen molar-refractivity contribution in [1.29, 1.82) is 0 Å². The van der Waals surface area contributed by atoms with Crippen molar-refractivity contribution in [3.8, 4) is 0 Å². The molecule has 0 aliphatic carbocycles. The zero-order valence-electron chi connectivity index (χ0n) is 13.7. The smallest absolute Gasteiger partial charge is 0.233 e. The Morgan fingerprint density at radius 2 is 2.04 bits per heavy atom. The van der Waals surface area contributed by atoms with Gasteiger partial charge < -0.3 is 4.90 Å². The van der Waals surface area contributed by atoms with E-state index in [0.29, 0.717) is 12.3 Å². The summed E-state index contributed by atoms with van der Waals surface area (Å²) in [6.07, 6.45) is 2.57. The summed E-state index contributed by atoms with van der Waals surface area (Å²) in [6.45, 7) is 2.75. The Bertz CT molecular complexity index is 833. The molecular weight excluding hydrogens is 338 g/mol. The number of nitrogens with zero attached hydrogens (tertiary/aromatic N) is 3. The second-order valence-corrected chi connectivity index (χ2v) is 7.57. The number of aryl methyl sites for hydroxylation is 1. The molecule has 6 heteroatoms. The maximum atomic E-state index is 12.4. The molecule has 2 heterocycles. The van der Waals surface area contributed by atoms with Gasteiger partial charge in [0.15, 0.2) is 0 Å². The van der Waals surface area contributed by atoms with Gasteiger partial charge in [0.05, 0.1) is 5.75 Å². The fourth-order valence-corrected chi connectivity index (χ4v) is 4.27. The van der Waals surface area contributed by atoms with Gasteiger partial charge in [0.2, 0.25) is 5.91 Å². The Kier molecular flexibility index (Phi) is 5.48. The van der Waals surface area contributed by atoms with E-state index in [-0.39, 0.29) is 5.91 Å². The second-order valence-electron chi connectivity index (χ2n) is 5.49. The fraction of sp³-hybridized carbons (Fsp3) is 0.278. The molecule has 0 fully saturated rings. The van der Waals surface area contributed by atoms with Crippen LogP contribution in [-0.4, -0.2) is 33.6 Å². The zero-order chi connectivity index (χ0) is 16.9. The lowest BCUT2D eigenvalue weighted by molar-refractivity contribution is -0.127. The molecule has 3 rings (SSSR count). The van der Waals surface area contributed by atoms with Crippen molar-refractivity contribution in [2.24, 2.45) is 0 Å². The normalized spacial score (nSPS) is 10.9. The van der Waals surface area contributed by atoms with Crippen LogP contribution in [0.1, 0.15) is 17.4 Å². The van der Waals surface area contributed by atoms with Gasteiger partial charge in [0.1, 0.15) is 16.2 Å². The van der Waals surface area contributed by atoms with E-state index in [1.165, 1.54) is 16.6 Å².